The third-order valence-corrected chi connectivity index (χ3v) is 13.9. The van der Waals surface area contributed by atoms with Crippen molar-refractivity contribution in [2.45, 2.75) is 100 Å². The minimum absolute atomic E-state index is 0.0801. The third-order valence-electron chi connectivity index (χ3n) is 10.5. The van der Waals surface area contributed by atoms with Crippen LogP contribution in [0.15, 0.2) is 11.6 Å². The summed E-state index contributed by atoms with van der Waals surface area (Å²) in [5.41, 5.74) is 0.796. The minimum atomic E-state index is -0.766. The second-order valence-electron chi connectivity index (χ2n) is 11.8. The van der Waals surface area contributed by atoms with Crippen LogP contribution in [-0.2, 0) is 4.74 Å². The fourth-order valence-electron chi connectivity index (χ4n) is 9.01. The number of hydrogen-bond acceptors (Lipinski definition) is 5. The van der Waals surface area contributed by atoms with Gasteiger partial charge >= 0.3 is 0 Å². The molecule has 6 rings (SSSR count). The van der Waals surface area contributed by atoms with Crippen LogP contribution in [0.1, 0.15) is 72.1 Å². The summed E-state index contributed by atoms with van der Waals surface area (Å²) in [5, 5.41) is 22.2. The Hall–Kier alpha value is 0.320. The van der Waals surface area contributed by atoms with E-state index >= 15 is 0 Å². The molecule has 2 aliphatic heterocycles. The monoisotopic (exact) mass is 450 g/mol. The molecule has 5 fully saturated rings. The van der Waals surface area contributed by atoms with E-state index in [2.05, 4.69) is 26.8 Å². The van der Waals surface area contributed by atoms with E-state index < -0.39 is 5.60 Å². The molecule has 0 radical (unpaired) electrons. The quantitative estimate of drug-likeness (QED) is 0.458. The summed E-state index contributed by atoms with van der Waals surface area (Å²) in [6, 6.07) is 0. The van der Waals surface area contributed by atoms with Crippen molar-refractivity contribution in [1.29, 1.82) is 0 Å². The lowest BCUT2D eigenvalue weighted by Crippen LogP contribution is -2.61. The van der Waals surface area contributed by atoms with E-state index in [-0.39, 0.29) is 33.2 Å². The topological polar surface area (TPSA) is 53.0 Å². The van der Waals surface area contributed by atoms with E-state index in [1.165, 1.54) is 25.7 Å². The van der Waals surface area contributed by atoms with Crippen LogP contribution in [0.2, 0.25) is 0 Å². The summed E-state index contributed by atoms with van der Waals surface area (Å²) >= 11 is 3.91. The maximum Gasteiger partial charge on any atom is 0.130 e. The predicted octanol–water partition coefficient (Wildman–Crippen LogP) is 5.00. The minimum Gasteiger partial charge on any atom is -0.393 e. The molecule has 5 heteroatoms. The van der Waals surface area contributed by atoms with Gasteiger partial charge in [0.05, 0.1) is 16.8 Å². The molecule has 2 heterocycles. The first-order valence-corrected chi connectivity index (χ1v) is 14.3. The van der Waals surface area contributed by atoms with Gasteiger partial charge in [-0.3, -0.25) is 0 Å². The Morgan fingerprint density at radius 2 is 1.90 bits per heavy atom. The number of thioether (sulfide) groups is 2. The highest BCUT2D eigenvalue weighted by molar-refractivity contribution is 8.17. The normalized spacial score (nSPS) is 54.8. The fraction of sp³-hybridized carbons (Fsp3) is 0.920. The van der Waals surface area contributed by atoms with Crippen LogP contribution in [0.4, 0.5) is 0 Å². The molecule has 0 aromatic rings. The second-order valence-corrected chi connectivity index (χ2v) is 14.5. The van der Waals surface area contributed by atoms with Gasteiger partial charge in [-0.1, -0.05) is 25.5 Å². The Balaban J connectivity index is 1.32. The lowest BCUT2D eigenvalue weighted by molar-refractivity contribution is -0.135. The van der Waals surface area contributed by atoms with Crippen LogP contribution in [0, 0.1) is 28.6 Å². The lowest BCUT2D eigenvalue weighted by atomic mass is 9.46. The first-order valence-electron chi connectivity index (χ1n) is 12.2. The molecule has 3 nitrogen and oxygen atoms in total. The number of allylic oxidation sites excluding steroid dienone is 1. The molecule has 0 spiro atoms. The van der Waals surface area contributed by atoms with E-state index in [0.717, 1.165) is 43.1 Å². The van der Waals surface area contributed by atoms with Gasteiger partial charge in [-0.15, -0.1) is 23.5 Å². The summed E-state index contributed by atoms with van der Waals surface area (Å²) in [6.45, 7) is 7.07. The fourth-order valence-corrected chi connectivity index (χ4v) is 12.2. The molecule has 2 saturated heterocycles. The van der Waals surface area contributed by atoms with E-state index in [1.54, 1.807) is 5.57 Å². The molecular formula is C25H38O3S2. The Labute approximate surface area is 190 Å². The molecule has 0 bridgehead atoms. The molecule has 0 aromatic carbocycles. The number of hydrogen-bond donors (Lipinski definition) is 2. The number of rotatable bonds is 2. The number of aliphatic hydroxyl groups excluding tert-OH is 1. The predicted molar refractivity (Wildman–Crippen MR) is 125 cm³/mol. The molecule has 30 heavy (non-hydrogen) atoms. The molecule has 2 unspecified atom stereocenters. The Bertz CT molecular complexity index is 761. The Morgan fingerprint density at radius 1 is 1.13 bits per heavy atom. The van der Waals surface area contributed by atoms with Gasteiger partial charge in [0.15, 0.2) is 0 Å². The maximum absolute atomic E-state index is 12.0. The summed E-state index contributed by atoms with van der Waals surface area (Å²) in [7, 11) is 0. The van der Waals surface area contributed by atoms with Crippen molar-refractivity contribution >= 4 is 23.5 Å². The van der Waals surface area contributed by atoms with E-state index in [0.29, 0.717) is 11.8 Å². The molecular weight excluding hydrogens is 412 g/mol. The lowest BCUT2D eigenvalue weighted by Gasteiger charge is -2.59. The van der Waals surface area contributed by atoms with Crippen molar-refractivity contribution in [2.75, 3.05) is 11.5 Å². The molecule has 3 saturated carbocycles. The zero-order chi connectivity index (χ0) is 20.9. The number of aliphatic hydroxyl groups is 2. The zero-order valence-electron chi connectivity index (χ0n) is 18.7. The molecule has 0 amide bonds. The van der Waals surface area contributed by atoms with Crippen molar-refractivity contribution in [1.82, 2.24) is 0 Å². The zero-order valence-corrected chi connectivity index (χ0v) is 20.4. The standard InChI is InChI=1S/C25H38O3S2/c1-22-9-7-16(26)13-15(22)5-6-17-18(22)8-10-23(2)19(17)14-20-25(23,28-20)24(3,27)21-29-11-4-12-30-21/h5,16-21,26-27H,4,6-14H2,1-3H3/t16-,17+,18-,19-,20?,22-,23-,24?,25+/m0/s1. The SMILES string of the molecule is CC(O)(C1SCCCS1)[C@@]12OC1C[C@H]1[C@@H]3CC=C4C[C@@H](O)CC[C@]4(C)[C@H]3CC[C@@]12C. The van der Waals surface area contributed by atoms with Crippen molar-refractivity contribution < 1.29 is 14.9 Å². The van der Waals surface area contributed by atoms with Crippen LogP contribution in [-0.4, -0.2) is 49.7 Å². The Kier molecular flexibility index (Phi) is 4.65. The summed E-state index contributed by atoms with van der Waals surface area (Å²) in [4.78, 5) is 0. The summed E-state index contributed by atoms with van der Waals surface area (Å²) < 4.78 is 6.77. The highest BCUT2D eigenvalue weighted by atomic mass is 32.2. The van der Waals surface area contributed by atoms with E-state index in [1.807, 2.05) is 23.5 Å². The van der Waals surface area contributed by atoms with Gasteiger partial charge in [-0.05, 0) is 93.0 Å². The van der Waals surface area contributed by atoms with Crippen LogP contribution in [0.5, 0.6) is 0 Å². The summed E-state index contributed by atoms with van der Waals surface area (Å²) in [5.74, 6) is 4.43. The van der Waals surface area contributed by atoms with Crippen LogP contribution >= 0.6 is 23.5 Å². The van der Waals surface area contributed by atoms with Gasteiger partial charge < -0.3 is 14.9 Å². The molecule has 2 N–H and O–H groups in total. The molecule has 9 atom stereocenters. The smallest absolute Gasteiger partial charge is 0.130 e. The highest BCUT2D eigenvalue weighted by Crippen LogP contribution is 2.76. The summed E-state index contributed by atoms with van der Waals surface area (Å²) in [6.07, 6.45) is 11.6. The second kappa shape index (κ2) is 6.68. The van der Waals surface area contributed by atoms with Gasteiger partial charge in [0.25, 0.3) is 0 Å². The largest absolute Gasteiger partial charge is 0.393 e. The third kappa shape index (κ3) is 2.48. The number of ether oxygens (including phenoxy) is 1. The average molecular weight is 451 g/mol. The van der Waals surface area contributed by atoms with E-state index in [4.69, 9.17) is 4.74 Å². The molecule has 4 aliphatic carbocycles. The van der Waals surface area contributed by atoms with Crippen molar-refractivity contribution in [3.05, 3.63) is 11.6 Å². The Morgan fingerprint density at radius 3 is 2.67 bits per heavy atom. The van der Waals surface area contributed by atoms with Gasteiger partial charge in [0.1, 0.15) is 11.2 Å². The van der Waals surface area contributed by atoms with Gasteiger partial charge in [-0.2, -0.15) is 0 Å². The van der Waals surface area contributed by atoms with Crippen molar-refractivity contribution in [3.63, 3.8) is 0 Å². The highest BCUT2D eigenvalue weighted by Gasteiger charge is 2.83. The van der Waals surface area contributed by atoms with Gasteiger partial charge in [0, 0.05) is 5.41 Å². The number of fused-ring (bicyclic) bond motifs is 7. The number of epoxide rings is 1. The van der Waals surface area contributed by atoms with Crippen LogP contribution < -0.4 is 0 Å². The molecule has 168 valence electrons. The maximum atomic E-state index is 12.0. The first-order chi connectivity index (χ1) is 14.2. The average Bonchev–Trinajstić information content (AvgIpc) is 3.42. The van der Waals surface area contributed by atoms with E-state index in [9.17, 15) is 10.2 Å². The van der Waals surface area contributed by atoms with Crippen molar-refractivity contribution in [3.8, 4) is 0 Å². The molecule has 6 aliphatic rings. The molecule has 0 aromatic heterocycles. The van der Waals surface area contributed by atoms with Crippen molar-refractivity contribution in [2.24, 2.45) is 28.6 Å². The first kappa shape index (κ1) is 20.9. The van der Waals surface area contributed by atoms with Crippen LogP contribution in [0.3, 0.4) is 0 Å². The van der Waals surface area contributed by atoms with Gasteiger partial charge in [-0.25, -0.2) is 0 Å². The van der Waals surface area contributed by atoms with Crippen LogP contribution in [0.25, 0.3) is 0 Å². The van der Waals surface area contributed by atoms with Gasteiger partial charge in [0.2, 0.25) is 0 Å².